The Bertz CT molecular complexity index is 825. The quantitative estimate of drug-likeness (QED) is 0.629. The number of carbonyl (C=O) groups excluding carboxylic acids is 3. The summed E-state index contributed by atoms with van der Waals surface area (Å²) >= 11 is 0. The van der Waals surface area contributed by atoms with Crippen LogP contribution >= 0.6 is 0 Å². The maximum absolute atomic E-state index is 13.1. The Morgan fingerprint density at radius 2 is 1.38 bits per heavy atom. The molecule has 24 heavy (non-hydrogen) atoms. The highest BCUT2D eigenvalue weighted by molar-refractivity contribution is 6.43. The summed E-state index contributed by atoms with van der Waals surface area (Å²) in [5, 5.41) is 0. The Labute approximate surface area is 141 Å². The van der Waals surface area contributed by atoms with Crippen molar-refractivity contribution < 1.29 is 14.4 Å². The van der Waals surface area contributed by atoms with Crippen molar-refractivity contribution in [3.05, 3.63) is 76.9 Å². The molecule has 2 aromatic carbocycles. The predicted molar refractivity (Wildman–Crippen MR) is 92.9 cm³/mol. The molecule has 0 aromatic heterocycles. The number of carbonyl (C=O) groups is 3. The topological polar surface area (TPSA) is 51.2 Å². The lowest BCUT2D eigenvalue weighted by Crippen LogP contribution is -2.27. The normalized spacial score (nSPS) is 15.2. The van der Waals surface area contributed by atoms with Gasteiger partial charge < -0.3 is 0 Å². The standard InChI is InChI=1S/C21H18O3/c1-3-13(2)17(14-9-5-4-6-10-14)21(24)18-19(22)15-11-7-8-12-16(15)20(18)23/h4-12,18H,3H2,1-2H3/b17-13-. The van der Waals surface area contributed by atoms with Crippen molar-refractivity contribution in [1.82, 2.24) is 0 Å². The number of hydrogen-bond donors (Lipinski definition) is 0. The summed E-state index contributed by atoms with van der Waals surface area (Å²) in [4.78, 5) is 38.4. The van der Waals surface area contributed by atoms with Crippen molar-refractivity contribution in [3.63, 3.8) is 0 Å². The maximum Gasteiger partial charge on any atom is 0.182 e. The summed E-state index contributed by atoms with van der Waals surface area (Å²) in [6.45, 7) is 3.83. The van der Waals surface area contributed by atoms with Crippen molar-refractivity contribution in [3.8, 4) is 0 Å². The SMILES string of the molecule is CC/C(C)=C(\C(=O)C1C(=O)c2ccccc2C1=O)c1ccccc1. The van der Waals surface area contributed by atoms with Crippen molar-refractivity contribution in [2.24, 2.45) is 5.92 Å². The number of Topliss-reactive ketones (excluding diaryl/α,β-unsaturated/α-hetero) is 3. The van der Waals surface area contributed by atoms with Gasteiger partial charge in [-0.05, 0) is 18.9 Å². The van der Waals surface area contributed by atoms with Crippen LogP contribution in [0.5, 0.6) is 0 Å². The van der Waals surface area contributed by atoms with E-state index in [1.165, 1.54) is 0 Å². The van der Waals surface area contributed by atoms with E-state index in [1.807, 2.05) is 44.2 Å². The zero-order valence-corrected chi connectivity index (χ0v) is 13.7. The second kappa shape index (κ2) is 6.36. The van der Waals surface area contributed by atoms with E-state index < -0.39 is 23.3 Å². The second-order valence-corrected chi connectivity index (χ2v) is 5.95. The van der Waals surface area contributed by atoms with Gasteiger partial charge in [0.1, 0.15) is 5.92 Å². The van der Waals surface area contributed by atoms with Crippen LogP contribution in [0, 0.1) is 5.92 Å². The third-order valence-corrected chi connectivity index (χ3v) is 4.51. The largest absolute Gasteiger partial charge is 0.293 e. The summed E-state index contributed by atoms with van der Waals surface area (Å²) in [5.74, 6) is -2.43. The fraction of sp³-hybridized carbons (Fsp3) is 0.190. The van der Waals surface area contributed by atoms with Gasteiger partial charge in [-0.2, -0.15) is 0 Å². The van der Waals surface area contributed by atoms with Crippen molar-refractivity contribution in [2.45, 2.75) is 20.3 Å². The third-order valence-electron chi connectivity index (χ3n) is 4.51. The van der Waals surface area contributed by atoms with Gasteiger partial charge >= 0.3 is 0 Å². The monoisotopic (exact) mass is 318 g/mol. The van der Waals surface area contributed by atoms with E-state index in [9.17, 15) is 14.4 Å². The molecule has 0 saturated carbocycles. The molecule has 0 amide bonds. The van der Waals surface area contributed by atoms with Gasteiger partial charge in [0, 0.05) is 16.7 Å². The minimum atomic E-state index is -1.25. The molecule has 2 aromatic rings. The van der Waals surface area contributed by atoms with Crippen LogP contribution in [-0.4, -0.2) is 17.3 Å². The molecule has 0 N–H and O–H groups in total. The molecule has 0 spiro atoms. The van der Waals surface area contributed by atoms with Crippen molar-refractivity contribution in [1.29, 1.82) is 0 Å². The Morgan fingerprint density at radius 3 is 1.88 bits per heavy atom. The van der Waals surface area contributed by atoms with Crippen molar-refractivity contribution in [2.75, 3.05) is 0 Å². The van der Waals surface area contributed by atoms with E-state index in [0.717, 1.165) is 11.1 Å². The van der Waals surface area contributed by atoms with Gasteiger partial charge in [0.25, 0.3) is 0 Å². The van der Waals surface area contributed by atoms with Crippen LogP contribution in [0.4, 0.5) is 0 Å². The molecule has 3 nitrogen and oxygen atoms in total. The zero-order chi connectivity index (χ0) is 17.3. The van der Waals surface area contributed by atoms with Crippen LogP contribution in [0.2, 0.25) is 0 Å². The average Bonchev–Trinajstić information content (AvgIpc) is 2.87. The highest BCUT2D eigenvalue weighted by atomic mass is 16.2. The van der Waals surface area contributed by atoms with Crippen molar-refractivity contribution >= 4 is 22.9 Å². The molecule has 0 bridgehead atoms. The van der Waals surface area contributed by atoms with E-state index in [4.69, 9.17) is 0 Å². The molecule has 0 heterocycles. The molecule has 3 heteroatoms. The molecule has 0 aliphatic heterocycles. The second-order valence-electron chi connectivity index (χ2n) is 5.95. The molecule has 0 radical (unpaired) electrons. The van der Waals surface area contributed by atoms with E-state index in [-0.39, 0.29) is 0 Å². The molecule has 0 saturated heterocycles. The molecule has 0 atom stereocenters. The molecular weight excluding hydrogens is 300 g/mol. The molecule has 3 rings (SSSR count). The highest BCUT2D eigenvalue weighted by Gasteiger charge is 2.44. The molecule has 1 aliphatic carbocycles. The lowest BCUT2D eigenvalue weighted by atomic mass is 9.86. The zero-order valence-electron chi connectivity index (χ0n) is 13.7. The summed E-state index contributed by atoms with van der Waals surface area (Å²) in [7, 11) is 0. The Morgan fingerprint density at radius 1 is 0.875 bits per heavy atom. The first-order valence-electron chi connectivity index (χ1n) is 8.03. The van der Waals surface area contributed by atoms with Crippen LogP contribution in [0.15, 0.2) is 60.2 Å². The summed E-state index contributed by atoms with van der Waals surface area (Å²) in [5.41, 5.74) is 2.81. The summed E-state index contributed by atoms with van der Waals surface area (Å²) in [6, 6.07) is 15.9. The molecule has 120 valence electrons. The number of rotatable bonds is 4. The van der Waals surface area contributed by atoms with Gasteiger partial charge in [-0.1, -0.05) is 67.1 Å². The van der Waals surface area contributed by atoms with Crippen LogP contribution in [0.3, 0.4) is 0 Å². The van der Waals surface area contributed by atoms with E-state index in [0.29, 0.717) is 23.1 Å². The number of fused-ring (bicyclic) bond motifs is 1. The minimum Gasteiger partial charge on any atom is -0.293 e. The summed E-state index contributed by atoms with van der Waals surface area (Å²) < 4.78 is 0. The number of allylic oxidation sites excluding steroid dienone is 2. The molecule has 1 aliphatic rings. The van der Waals surface area contributed by atoms with Gasteiger partial charge in [-0.25, -0.2) is 0 Å². The minimum absolute atomic E-state index is 0.349. The van der Waals surface area contributed by atoms with Gasteiger partial charge in [0.05, 0.1) is 0 Å². The molecular formula is C21H18O3. The van der Waals surface area contributed by atoms with Crippen LogP contribution in [0.25, 0.3) is 5.57 Å². The van der Waals surface area contributed by atoms with E-state index in [2.05, 4.69) is 0 Å². The predicted octanol–water partition coefficient (Wildman–Crippen LogP) is 4.13. The molecule has 0 unspecified atom stereocenters. The number of hydrogen-bond acceptors (Lipinski definition) is 3. The van der Waals surface area contributed by atoms with Gasteiger partial charge in [-0.3, -0.25) is 14.4 Å². The van der Waals surface area contributed by atoms with Crippen LogP contribution < -0.4 is 0 Å². The molecule has 0 fully saturated rings. The smallest absolute Gasteiger partial charge is 0.182 e. The van der Waals surface area contributed by atoms with Gasteiger partial charge in [0.2, 0.25) is 0 Å². The first-order valence-corrected chi connectivity index (χ1v) is 8.03. The maximum atomic E-state index is 13.1. The van der Waals surface area contributed by atoms with Crippen LogP contribution in [-0.2, 0) is 4.79 Å². The first-order chi connectivity index (χ1) is 11.6. The first kappa shape index (κ1) is 16.1. The number of ketones is 3. The average molecular weight is 318 g/mol. The lowest BCUT2D eigenvalue weighted by Gasteiger charge is -2.14. The fourth-order valence-electron chi connectivity index (χ4n) is 3.11. The Hall–Kier alpha value is -2.81. The van der Waals surface area contributed by atoms with E-state index >= 15 is 0 Å². The van der Waals surface area contributed by atoms with Gasteiger partial charge in [-0.15, -0.1) is 0 Å². The third kappa shape index (κ3) is 2.52. The number of benzene rings is 2. The highest BCUT2D eigenvalue weighted by Crippen LogP contribution is 2.33. The van der Waals surface area contributed by atoms with Gasteiger partial charge in [0.15, 0.2) is 17.3 Å². The lowest BCUT2D eigenvalue weighted by molar-refractivity contribution is -0.114. The van der Waals surface area contributed by atoms with E-state index in [1.54, 1.807) is 24.3 Å². The van der Waals surface area contributed by atoms with Crippen LogP contribution in [0.1, 0.15) is 46.5 Å². The fourth-order valence-corrected chi connectivity index (χ4v) is 3.11. The Kier molecular flexibility index (Phi) is 4.26. The summed E-state index contributed by atoms with van der Waals surface area (Å²) in [6.07, 6.45) is 0.679. The Balaban J connectivity index is 2.08.